The van der Waals surface area contributed by atoms with E-state index in [-0.39, 0.29) is 0 Å². The van der Waals surface area contributed by atoms with Crippen LogP contribution in [0.3, 0.4) is 0 Å². The van der Waals surface area contributed by atoms with Gasteiger partial charge in [0, 0.05) is 31.3 Å². The van der Waals surface area contributed by atoms with Crippen LogP contribution in [0.5, 0.6) is 17.2 Å². The van der Waals surface area contributed by atoms with Gasteiger partial charge in [-0.2, -0.15) is 4.98 Å². The molecule has 32 heavy (non-hydrogen) atoms. The third-order valence-corrected chi connectivity index (χ3v) is 5.46. The van der Waals surface area contributed by atoms with Gasteiger partial charge in [-0.05, 0) is 12.8 Å². The highest BCUT2D eigenvalue weighted by Crippen LogP contribution is 2.39. The number of anilines is 3. The molecule has 10 nitrogen and oxygen atoms in total. The third kappa shape index (κ3) is 3.53. The first-order valence-electron chi connectivity index (χ1n) is 10.3. The quantitative estimate of drug-likeness (QED) is 0.464. The standard InChI is InChI=1S/C22H24N6O4/c1-29-16-10-14(11-17(30-2)20(16)31-3)28-12-18(23-13-28)25-21-19-15(6-9-32-19)24-22(26-21)27-7-4-5-8-27/h6,9-13H,4-5,7-8H2,1-3H3,(H,24,25,26). The molecule has 0 bridgehead atoms. The first-order valence-corrected chi connectivity index (χ1v) is 10.3. The SMILES string of the molecule is COc1cc(-n2cnc(Nc3nc(N4CCCC4)nc4ccoc34)c2)cc(OC)c1OC. The van der Waals surface area contributed by atoms with Gasteiger partial charge in [-0.1, -0.05) is 0 Å². The molecule has 1 N–H and O–H groups in total. The third-order valence-electron chi connectivity index (χ3n) is 5.46. The average molecular weight is 436 g/mol. The summed E-state index contributed by atoms with van der Waals surface area (Å²) in [5, 5.41) is 3.28. The number of furan rings is 1. The number of rotatable bonds is 7. The molecule has 0 spiro atoms. The van der Waals surface area contributed by atoms with Crippen LogP contribution in [0.1, 0.15) is 12.8 Å². The molecule has 1 saturated heterocycles. The van der Waals surface area contributed by atoms with E-state index in [4.69, 9.17) is 23.6 Å². The van der Waals surface area contributed by atoms with Crippen LogP contribution < -0.4 is 24.4 Å². The first-order chi connectivity index (χ1) is 15.7. The lowest BCUT2D eigenvalue weighted by Gasteiger charge is -2.16. The number of nitrogens with zero attached hydrogens (tertiary/aromatic N) is 5. The van der Waals surface area contributed by atoms with Crippen LogP contribution in [0.15, 0.2) is 41.4 Å². The van der Waals surface area contributed by atoms with Crippen molar-refractivity contribution in [2.75, 3.05) is 44.6 Å². The molecule has 10 heteroatoms. The van der Waals surface area contributed by atoms with E-state index >= 15 is 0 Å². The maximum atomic E-state index is 5.63. The molecule has 0 radical (unpaired) electrons. The summed E-state index contributed by atoms with van der Waals surface area (Å²) in [4.78, 5) is 16.0. The molecule has 1 fully saturated rings. The molecule has 0 aliphatic carbocycles. The highest BCUT2D eigenvalue weighted by atomic mass is 16.5. The number of methoxy groups -OCH3 is 3. The fraction of sp³-hybridized carbons (Fsp3) is 0.318. The van der Waals surface area contributed by atoms with Crippen LogP contribution in [0, 0.1) is 0 Å². The molecular formula is C22H24N6O4. The minimum atomic E-state index is 0.535. The van der Waals surface area contributed by atoms with Gasteiger partial charge in [-0.15, -0.1) is 0 Å². The second-order valence-electron chi connectivity index (χ2n) is 7.38. The molecule has 0 atom stereocenters. The molecule has 4 heterocycles. The number of hydrogen-bond acceptors (Lipinski definition) is 9. The molecular weight excluding hydrogens is 412 g/mol. The molecule has 166 valence electrons. The maximum absolute atomic E-state index is 5.63. The fourth-order valence-corrected chi connectivity index (χ4v) is 3.86. The summed E-state index contributed by atoms with van der Waals surface area (Å²) in [6, 6.07) is 5.55. The summed E-state index contributed by atoms with van der Waals surface area (Å²) in [6.07, 6.45) is 7.47. The van der Waals surface area contributed by atoms with E-state index in [1.807, 2.05) is 29.0 Å². The molecule has 5 rings (SSSR count). The van der Waals surface area contributed by atoms with Gasteiger partial charge in [0.1, 0.15) is 17.7 Å². The Morgan fingerprint density at radius 1 is 1.00 bits per heavy atom. The second kappa shape index (κ2) is 8.29. The van der Waals surface area contributed by atoms with Crippen LogP contribution >= 0.6 is 0 Å². The number of aromatic nitrogens is 4. The summed E-state index contributed by atoms with van der Waals surface area (Å²) < 4.78 is 23.8. The summed E-state index contributed by atoms with van der Waals surface area (Å²) in [5.41, 5.74) is 2.16. The van der Waals surface area contributed by atoms with Gasteiger partial charge in [0.05, 0.1) is 39.5 Å². The van der Waals surface area contributed by atoms with Gasteiger partial charge in [-0.25, -0.2) is 9.97 Å². The lowest BCUT2D eigenvalue weighted by atomic mass is 10.2. The van der Waals surface area contributed by atoms with E-state index in [0.717, 1.165) is 37.1 Å². The van der Waals surface area contributed by atoms with Crippen molar-refractivity contribution in [1.29, 1.82) is 0 Å². The molecule has 1 aromatic carbocycles. The molecule has 1 aliphatic heterocycles. The summed E-state index contributed by atoms with van der Waals surface area (Å²) in [7, 11) is 4.75. The van der Waals surface area contributed by atoms with Crippen LogP contribution in [0.25, 0.3) is 16.8 Å². The Balaban J connectivity index is 1.47. The van der Waals surface area contributed by atoms with Crippen molar-refractivity contribution < 1.29 is 18.6 Å². The molecule has 1 aliphatic rings. The lowest BCUT2D eigenvalue weighted by Crippen LogP contribution is -2.20. The van der Waals surface area contributed by atoms with E-state index in [1.54, 1.807) is 33.9 Å². The molecule has 3 aromatic heterocycles. The summed E-state index contributed by atoms with van der Waals surface area (Å²) in [6.45, 7) is 1.91. The van der Waals surface area contributed by atoms with Gasteiger partial charge in [0.2, 0.25) is 11.7 Å². The summed E-state index contributed by atoms with van der Waals surface area (Å²) in [5.74, 6) is 3.55. The van der Waals surface area contributed by atoms with Crippen molar-refractivity contribution >= 4 is 28.7 Å². The Bertz CT molecular complexity index is 1220. The molecule has 0 saturated carbocycles. The summed E-state index contributed by atoms with van der Waals surface area (Å²) >= 11 is 0. The van der Waals surface area contributed by atoms with Gasteiger partial charge >= 0.3 is 0 Å². The van der Waals surface area contributed by atoms with E-state index in [0.29, 0.717) is 40.4 Å². The zero-order valence-corrected chi connectivity index (χ0v) is 18.2. The zero-order valence-electron chi connectivity index (χ0n) is 18.2. The lowest BCUT2D eigenvalue weighted by molar-refractivity contribution is 0.324. The van der Waals surface area contributed by atoms with Crippen molar-refractivity contribution in [3.63, 3.8) is 0 Å². The normalized spacial score (nSPS) is 13.5. The highest BCUT2D eigenvalue weighted by Gasteiger charge is 2.20. The number of benzene rings is 1. The Morgan fingerprint density at radius 2 is 1.75 bits per heavy atom. The Labute approximate surface area is 184 Å². The fourth-order valence-electron chi connectivity index (χ4n) is 3.86. The first kappa shape index (κ1) is 20.0. The van der Waals surface area contributed by atoms with Crippen molar-refractivity contribution in [1.82, 2.24) is 19.5 Å². The minimum Gasteiger partial charge on any atom is -0.493 e. The van der Waals surface area contributed by atoms with Crippen LogP contribution in [-0.2, 0) is 0 Å². The van der Waals surface area contributed by atoms with Crippen molar-refractivity contribution in [3.8, 4) is 22.9 Å². The Hall–Kier alpha value is -3.95. The van der Waals surface area contributed by atoms with E-state index in [2.05, 4.69) is 20.2 Å². The average Bonchev–Trinajstić information content (AvgIpc) is 3.59. The van der Waals surface area contributed by atoms with Crippen LogP contribution in [0.4, 0.5) is 17.6 Å². The van der Waals surface area contributed by atoms with Crippen LogP contribution in [0.2, 0.25) is 0 Å². The minimum absolute atomic E-state index is 0.535. The van der Waals surface area contributed by atoms with Crippen molar-refractivity contribution in [3.05, 3.63) is 37.0 Å². The van der Waals surface area contributed by atoms with E-state index in [9.17, 15) is 0 Å². The second-order valence-corrected chi connectivity index (χ2v) is 7.38. The predicted molar refractivity (Wildman–Crippen MR) is 120 cm³/mol. The number of ether oxygens (including phenoxy) is 3. The van der Waals surface area contributed by atoms with E-state index in [1.165, 1.54) is 0 Å². The van der Waals surface area contributed by atoms with Gasteiger partial charge in [-0.3, -0.25) is 0 Å². The van der Waals surface area contributed by atoms with Gasteiger partial charge < -0.3 is 33.4 Å². The maximum Gasteiger partial charge on any atom is 0.228 e. The van der Waals surface area contributed by atoms with Gasteiger partial charge in [0.25, 0.3) is 0 Å². The number of imidazole rings is 1. The number of fused-ring (bicyclic) bond motifs is 1. The largest absolute Gasteiger partial charge is 0.493 e. The zero-order chi connectivity index (χ0) is 22.1. The van der Waals surface area contributed by atoms with E-state index < -0.39 is 0 Å². The Morgan fingerprint density at radius 3 is 2.44 bits per heavy atom. The molecule has 0 unspecified atom stereocenters. The van der Waals surface area contributed by atoms with Crippen molar-refractivity contribution in [2.24, 2.45) is 0 Å². The monoisotopic (exact) mass is 436 g/mol. The Kier molecular flexibility index (Phi) is 5.18. The van der Waals surface area contributed by atoms with Crippen LogP contribution in [-0.4, -0.2) is 53.9 Å². The molecule has 0 amide bonds. The van der Waals surface area contributed by atoms with Crippen molar-refractivity contribution in [2.45, 2.75) is 12.8 Å². The predicted octanol–water partition coefficient (Wildman–Crippen LogP) is 3.78. The topological polar surface area (TPSA) is 99.7 Å². The molecule has 4 aromatic rings. The van der Waals surface area contributed by atoms with Gasteiger partial charge in [0.15, 0.2) is 22.9 Å². The highest BCUT2D eigenvalue weighted by molar-refractivity contribution is 5.86. The number of nitrogens with one attached hydrogen (secondary N) is 1. The smallest absolute Gasteiger partial charge is 0.228 e. The number of hydrogen-bond donors (Lipinski definition) is 1.